The number of fused-ring (bicyclic) bond motifs is 1. The lowest BCUT2D eigenvalue weighted by atomic mass is 9.84. The predicted molar refractivity (Wildman–Crippen MR) is 90.6 cm³/mol. The van der Waals surface area contributed by atoms with Crippen LogP contribution in [-0.4, -0.2) is 23.5 Å². The molecule has 1 amide bonds. The lowest BCUT2D eigenvalue weighted by Crippen LogP contribution is -2.47. The number of hydrogen-bond acceptors (Lipinski definition) is 3. The molecule has 1 atom stereocenters. The average molecular weight is 317 g/mol. The molecule has 1 aromatic rings. The second-order valence-corrected chi connectivity index (χ2v) is 6.94. The Morgan fingerprint density at radius 1 is 1.22 bits per heavy atom. The highest BCUT2D eigenvalue weighted by molar-refractivity contribution is 5.94. The highest BCUT2D eigenvalue weighted by atomic mass is 16.2. The summed E-state index contributed by atoms with van der Waals surface area (Å²) in [5.74, 6) is 0.162. The molecule has 1 fully saturated rings. The minimum atomic E-state index is -0.277. The number of pyridine rings is 1. The zero-order chi connectivity index (χ0) is 16.2. The van der Waals surface area contributed by atoms with Gasteiger partial charge in [-0.3, -0.25) is 9.59 Å². The second-order valence-electron chi connectivity index (χ2n) is 6.94. The maximum absolute atomic E-state index is 12.6. The molecule has 1 saturated carbocycles. The molecule has 0 saturated heterocycles. The SMILES string of the molecule is NCC(NC(=O)c1cc2c([nH]c1=O)CCCC2)C1CCCCC1. The van der Waals surface area contributed by atoms with E-state index in [0.29, 0.717) is 12.5 Å². The summed E-state index contributed by atoms with van der Waals surface area (Å²) in [6.45, 7) is 0.430. The first-order valence-corrected chi connectivity index (χ1v) is 8.95. The summed E-state index contributed by atoms with van der Waals surface area (Å²) >= 11 is 0. The molecule has 0 spiro atoms. The van der Waals surface area contributed by atoms with Crippen molar-refractivity contribution in [2.24, 2.45) is 11.7 Å². The van der Waals surface area contributed by atoms with E-state index < -0.39 is 0 Å². The third kappa shape index (κ3) is 3.66. The van der Waals surface area contributed by atoms with Crippen LogP contribution in [0.25, 0.3) is 0 Å². The second kappa shape index (κ2) is 7.30. The number of carbonyl (C=O) groups is 1. The van der Waals surface area contributed by atoms with Crippen LogP contribution in [0.4, 0.5) is 0 Å². The van der Waals surface area contributed by atoms with Crippen LogP contribution in [-0.2, 0) is 12.8 Å². The average Bonchev–Trinajstić information content (AvgIpc) is 2.59. The molecule has 5 nitrogen and oxygen atoms in total. The smallest absolute Gasteiger partial charge is 0.261 e. The number of aromatic amines is 1. The molecule has 5 heteroatoms. The minimum absolute atomic E-state index is 0.0294. The molecular formula is C18H27N3O2. The number of amides is 1. The number of H-pyrrole nitrogens is 1. The number of rotatable bonds is 4. The fraction of sp³-hybridized carbons (Fsp3) is 0.667. The maximum Gasteiger partial charge on any atom is 0.261 e. The van der Waals surface area contributed by atoms with E-state index in [-0.39, 0.29) is 23.1 Å². The molecule has 23 heavy (non-hydrogen) atoms. The van der Waals surface area contributed by atoms with Crippen molar-refractivity contribution in [3.8, 4) is 0 Å². The fourth-order valence-electron chi connectivity index (χ4n) is 4.00. The fourth-order valence-corrected chi connectivity index (χ4v) is 4.00. The molecule has 126 valence electrons. The van der Waals surface area contributed by atoms with E-state index in [1.54, 1.807) is 6.07 Å². The van der Waals surface area contributed by atoms with Gasteiger partial charge in [0.2, 0.25) is 0 Å². The van der Waals surface area contributed by atoms with Crippen LogP contribution in [0, 0.1) is 5.92 Å². The summed E-state index contributed by atoms with van der Waals surface area (Å²) in [5, 5.41) is 3.02. The zero-order valence-corrected chi connectivity index (χ0v) is 13.7. The van der Waals surface area contributed by atoms with Gasteiger partial charge in [-0.25, -0.2) is 0 Å². The van der Waals surface area contributed by atoms with E-state index in [9.17, 15) is 9.59 Å². The summed E-state index contributed by atoms with van der Waals surface area (Å²) < 4.78 is 0. The summed E-state index contributed by atoms with van der Waals surface area (Å²) in [7, 11) is 0. The highest BCUT2D eigenvalue weighted by Crippen LogP contribution is 2.26. The van der Waals surface area contributed by atoms with Crippen molar-refractivity contribution in [2.75, 3.05) is 6.54 Å². The van der Waals surface area contributed by atoms with Gasteiger partial charge in [-0.2, -0.15) is 0 Å². The Hall–Kier alpha value is -1.62. The van der Waals surface area contributed by atoms with Gasteiger partial charge in [-0.15, -0.1) is 0 Å². The largest absolute Gasteiger partial charge is 0.348 e. The molecule has 2 aliphatic rings. The van der Waals surface area contributed by atoms with Crippen LogP contribution in [0.3, 0.4) is 0 Å². The van der Waals surface area contributed by atoms with Crippen LogP contribution in [0.15, 0.2) is 10.9 Å². The van der Waals surface area contributed by atoms with Crippen molar-refractivity contribution in [1.82, 2.24) is 10.3 Å². The van der Waals surface area contributed by atoms with Crippen molar-refractivity contribution in [1.29, 1.82) is 0 Å². The molecule has 3 rings (SSSR count). The van der Waals surface area contributed by atoms with E-state index in [4.69, 9.17) is 5.73 Å². The van der Waals surface area contributed by atoms with Crippen LogP contribution < -0.4 is 16.6 Å². The van der Waals surface area contributed by atoms with Crippen molar-refractivity contribution in [3.05, 3.63) is 33.2 Å². The standard InChI is InChI=1S/C18H27N3O2/c19-11-16(12-6-2-1-3-7-12)21-18(23)14-10-13-8-4-5-9-15(13)20-17(14)22/h10,12,16H,1-9,11,19H2,(H,20,22)(H,21,23). The monoisotopic (exact) mass is 317 g/mol. The third-order valence-electron chi connectivity index (χ3n) is 5.37. The summed E-state index contributed by atoms with van der Waals surface area (Å²) in [6, 6.07) is 1.76. The van der Waals surface area contributed by atoms with E-state index in [1.807, 2.05) is 0 Å². The van der Waals surface area contributed by atoms with E-state index in [0.717, 1.165) is 49.8 Å². The number of carbonyl (C=O) groups excluding carboxylic acids is 1. The lowest BCUT2D eigenvalue weighted by Gasteiger charge is -2.30. The molecule has 0 bridgehead atoms. The zero-order valence-electron chi connectivity index (χ0n) is 13.7. The molecular weight excluding hydrogens is 290 g/mol. The van der Waals surface area contributed by atoms with Gasteiger partial charge >= 0.3 is 0 Å². The molecule has 2 aliphatic carbocycles. The minimum Gasteiger partial charge on any atom is -0.348 e. The third-order valence-corrected chi connectivity index (χ3v) is 5.37. The molecule has 0 radical (unpaired) electrons. The van der Waals surface area contributed by atoms with Gasteiger partial charge in [0.25, 0.3) is 11.5 Å². The first kappa shape index (κ1) is 16.2. The number of aryl methyl sites for hydroxylation is 2. The Balaban J connectivity index is 1.75. The Morgan fingerprint density at radius 2 is 1.96 bits per heavy atom. The van der Waals surface area contributed by atoms with Crippen molar-refractivity contribution in [2.45, 2.75) is 63.8 Å². The normalized spacial score (nSPS) is 19.9. The molecule has 1 heterocycles. The van der Waals surface area contributed by atoms with Crippen molar-refractivity contribution >= 4 is 5.91 Å². The molecule has 1 unspecified atom stereocenters. The Morgan fingerprint density at radius 3 is 2.70 bits per heavy atom. The molecule has 0 aromatic carbocycles. The van der Waals surface area contributed by atoms with Gasteiger partial charge in [-0.05, 0) is 56.1 Å². The maximum atomic E-state index is 12.6. The number of hydrogen-bond donors (Lipinski definition) is 3. The van der Waals surface area contributed by atoms with E-state index >= 15 is 0 Å². The van der Waals surface area contributed by atoms with Crippen molar-refractivity contribution < 1.29 is 4.79 Å². The Labute approximate surface area is 137 Å². The quantitative estimate of drug-likeness (QED) is 0.792. The summed E-state index contributed by atoms with van der Waals surface area (Å²) in [5.41, 5.74) is 7.95. The van der Waals surface area contributed by atoms with Gasteiger partial charge < -0.3 is 16.0 Å². The topological polar surface area (TPSA) is 88.0 Å². The van der Waals surface area contributed by atoms with Crippen molar-refractivity contribution in [3.63, 3.8) is 0 Å². The predicted octanol–water partition coefficient (Wildman–Crippen LogP) is 1.89. The molecule has 0 aliphatic heterocycles. The highest BCUT2D eigenvalue weighted by Gasteiger charge is 2.25. The van der Waals surface area contributed by atoms with Gasteiger partial charge in [0.1, 0.15) is 5.56 Å². The van der Waals surface area contributed by atoms with Crippen LogP contribution >= 0.6 is 0 Å². The first-order chi connectivity index (χ1) is 11.2. The Bertz CT molecular complexity index is 617. The number of nitrogens with one attached hydrogen (secondary N) is 2. The molecule has 4 N–H and O–H groups in total. The number of nitrogens with two attached hydrogens (primary N) is 1. The van der Waals surface area contributed by atoms with Gasteiger partial charge in [0, 0.05) is 18.3 Å². The van der Waals surface area contributed by atoms with Gasteiger partial charge in [-0.1, -0.05) is 19.3 Å². The lowest BCUT2D eigenvalue weighted by molar-refractivity contribution is 0.0914. The van der Waals surface area contributed by atoms with Crippen LogP contribution in [0.1, 0.15) is 66.6 Å². The van der Waals surface area contributed by atoms with Crippen LogP contribution in [0.2, 0.25) is 0 Å². The first-order valence-electron chi connectivity index (χ1n) is 8.95. The van der Waals surface area contributed by atoms with Gasteiger partial charge in [0.15, 0.2) is 0 Å². The Kier molecular flexibility index (Phi) is 5.16. The van der Waals surface area contributed by atoms with Crippen LogP contribution in [0.5, 0.6) is 0 Å². The number of aromatic nitrogens is 1. The van der Waals surface area contributed by atoms with E-state index in [2.05, 4.69) is 10.3 Å². The summed E-state index contributed by atoms with van der Waals surface area (Å²) in [6.07, 6.45) is 9.97. The molecule has 1 aromatic heterocycles. The van der Waals surface area contributed by atoms with E-state index in [1.165, 1.54) is 19.3 Å². The summed E-state index contributed by atoms with van der Waals surface area (Å²) in [4.78, 5) is 27.7. The van der Waals surface area contributed by atoms with Gasteiger partial charge in [0.05, 0.1) is 0 Å².